The lowest BCUT2D eigenvalue weighted by atomic mass is 10.2. The summed E-state index contributed by atoms with van der Waals surface area (Å²) in [5.41, 5.74) is 0.538. The van der Waals surface area contributed by atoms with Crippen LogP contribution < -0.4 is 4.74 Å². The number of hydrogen-bond donors (Lipinski definition) is 0. The molecule has 1 aliphatic heterocycles. The Bertz CT molecular complexity index is 482. The summed E-state index contributed by atoms with van der Waals surface area (Å²) in [7, 11) is 0. The van der Waals surface area contributed by atoms with E-state index in [-0.39, 0.29) is 12.2 Å². The quantitative estimate of drug-likeness (QED) is 0.834. The fraction of sp³-hybridized carbons (Fsp3) is 0.600. The Morgan fingerprint density at radius 2 is 2.20 bits per heavy atom. The van der Waals surface area contributed by atoms with Crippen molar-refractivity contribution in [1.82, 2.24) is 9.88 Å². The molecule has 0 bridgehead atoms. The number of rotatable bonds is 2. The largest absolute Gasteiger partial charge is 0.472 e. The van der Waals surface area contributed by atoms with Crippen molar-refractivity contribution in [3.63, 3.8) is 0 Å². The van der Waals surface area contributed by atoms with Crippen LogP contribution in [0.1, 0.15) is 32.8 Å². The average molecular weight is 278 g/mol. The van der Waals surface area contributed by atoms with Crippen LogP contribution in [0.2, 0.25) is 0 Å². The van der Waals surface area contributed by atoms with Gasteiger partial charge >= 0.3 is 6.09 Å². The summed E-state index contributed by atoms with van der Waals surface area (Å²) in [4.78, 5) is 17.9. The molecule has 1 aliphatic rings. The van der Waals surface area contributed by atoms with Gasteiger partial charge in [-0.2, -0.15) is 0 Å². The molecule has 0 unspecified atom stereocenters. The lowest BCUT2D eigenvalue weighted by Crippen LogP contribution is -2.36. The second-order valence-corrected chi connectivity index (χ2v) is 6.08. The second kappa shape index (κ2) is 5.69. The summed E-state index contributed by atoms with van der Waals surface area (Å²) in [6.07, 6.45) is 2.22. The molecule has 0 N–H and O–H groups in total. The molecule has 0 spiro atoms. The highest BCUT2D eigenvalue weighted by molar-refractivity contribution is 5.68. The third-order valence-electron chi connectivity index (χ3n) is 3.04. The Morgan fingerprint density at radius 3 is 2.85 bits per heavy atom. The molecule has 1 aromatic heterocycles. The van der Waals surface area contributed by atoms with E-state index in [1.165, 1.54) is 0 Å². The molecule has 1 saturated heterocycles. The SMILES string of the molecule is Cc1cccnc1O[C@H]1CCN(C(=O)OC(C)(C)C)C1. The highest BCUT2D eigenvalue weighted by atomic mass is 16.6. The number of ether oxygens (including phenoxy) is 2. The minimum absolute atomic E-state index is 0.0175. The maximum atomic E-state index is 12.0. The van der Waals surface area contributed by atoms with Gasteiger partial charge in [0.15, 0.2) is 0 Å². The zero-order valence-electron chi connectivity index (χ0n) is 12.5. The van der Waals surface area contributed by atoms with E-state index in [4.69, 9.17) is 9.47 Å². The molecule has 0 aromatic carbocycles. The van der Waals surface area contributed by atoms with Gasteiger partial charge in [0.2, 0.25) is 5.88 Å². The number of hydrogen-bond acceptors (Lipinski definition) is 4. The van der Waals surface area contributed by atoms with Crippen LogP contribution in [0.5, 0.6) is 5.88 Å². The third-order valence-corrected chi connectivity index (χ3v) is 3.04. The minimum atomic E-state index is -0.465. The van der Waals surface area contributed by atoms with E-state index in [1.54, 1.807) is 11.1 Å². The first-order valence-electron chi connectivity index (χ1n) is 6.91. The molecule has 1 amide bonds. The molecule has 2 heterocycles. The predicted molar refractivity (Wildman–Crippen MR) is 75.8 cm³/mol. The first-order valence-corrected chi connectivity index (χ1v) is 6.91. The Kier molecular flexibility index (Phi) is 4.16. The van der Waals surface area contributed by atoms with E-state index in [0.29, 0.717) is 19.0 Å². The van der Waals surface area contributed by atoms with E-state index in [0.717, 1.165) is 12.0 Å². The monoisotopic (exact) mass is 278 g/mol. The van der Waals surface area contributed by atoms with Crippen LogP contribution in [0, 0.1) is 6.92 Å². The zero-order chi connectivity index (χ0) is 14.8. The van der Waals surface area contributed by atoms with Gasteiger partial charge in [0.1, 0.15) is 11.7 Å². The summed E-state index contributed by atoms with van der Waals surface area (Å²) in [5.74, 6) is 0.642. The van der Waals surface area contributed by atoms with Crippen LogP contribution >= 0.6 is 0 Å². The van der Waals surface area contributed by atoms with Crippen LogP contribution in [-0.4, -0.2) is 40.8 Å². The minimum Gasteiger partial charge on any atom is -0.472 e. The van der Waals surface area contributed by atoms with Crippen LogP contribution in [0.4, 0.5) is 4.79 Å². The lowest BCUT2D eigenvalue weighted by molar-refractivity contribution is 0.0275. The smallest absolute Gasteiger partial charge is 0.410 e. The van der Waals surface area contributed by atoms with Gasteiger partial charge in [-0.25, -0.2) is 9.78 Å². The molecule has 0 saturated carbocycles. The van der Waals surface area contributed by atoms with E-state index >= 15 is 0 Å². The molecule has 1 atom stereocenters. The Labute approximate surface area is 119 Å². The molecule has 2 rings (SSSR count). The van der Waals surface area contributed by atoms with Crippen molar-refractivity contribution in [3.05, 3.63) is 23.9 Å². The van der Waals surface area contributed by atoms with Crippen molar-refractivity contribution in [3.8, 4) is 5.88 Å². The summed E-state index contributed by atoms with van der Waals surface area (Å²) < 4.78 is 11.2. The zero-order valence-corrected chi connectivity index (χ0v) is 12.5. The number of likely N-dealkylation sites (tertiary alicyclic amines) is 1. The van der Waals surface area contributed by atoms with Crippen molar-refractivity contribution < 1.29 is 14.3 Å². The summed E-state index contributed by atoms with van der Waals surface area (Å²) in [5, 5.41) is 0. The topological polar surface area (TPSA) is 51.7 Å². The summed E-state index contributed by atoms with van der Waals surface area (Å²) in [6, 6.07) is 3.84. The second-order valence-electron chi connectivity index (χ2n) is 6.08. The van der Waals surface area contributed by atoms with Crippen LogP contribution in [0.3, 0.4) is 0 Å². The van der Waals surface area contributed by atoms with Gasteiger partial charge in [0.25, 0.3) is 0 Å². The third kappa shape index (κ3) is 3.85. The Morgan fingerprint density at radius 1 is 1.45 bits per heavy atom. The number of aromatic nitrogens is 1. The molecule has 5 heteroatoms. The van der Waals surface area contributed by atoms with Gasteiger partial charge in [-0.05, 0) is 33.8 Å². The average Bonchev–Trinajstić information content (AvgIpc) is 2.79. The highest BCUT2D eigenvalue weighted by Gasteiger charge is 2.31. The van der Waals surface area contributed by atoms with Gasteiger partial charge in [0.05, 0.1) is 6.54 Å². The number of pyridine rings is 1. The molecular formula is C15H22N2O3. The summed E-state index contributed by atoms with van der Waals surface area (Å²) in [6.45, 7) is 8.77. The fourth-order valence-electron chi connectivity index (χ4n) is 2.07. The van der Waals surface area contributed by atoms with Gasteiger partial charge < -0.3 is 14.4 Å². The van der Waals surface area contributed by atoms with Crippen molar-refractivity contribution in [2.45, 2.75) is 45.8 Å². The van der Waals surface area contributed by atoms with E-state index < -0.39 is 5.60 Å². The lowest BCUT2D eigenvalue weighted by Gasteiger charge is -2.24. The number of nitrogens with zero attached hydrogens (tertiary/aromatic N) is 2. The Hall–Kier alpha value is -1.78. The Balaban J connectivity index is 1.90. The fourth-order valence-corrected chi connectivity index (χ4v) is 2.07. The van der Waals surface area contributed by atoms with Crippen molar-refractivity contribution in [1.29, 1.82) is 0 Å². The van der Waals surface area contributed by atoms with Crippen LogP contribution in [-0.2, 0) is 4.74 Å². The molecular weight excluding hydrogens is 256 g/mol. The highest BCUT2D eigenvalue weighted by Crippen LogP contribution is 2.21. The molecule has 1 fully saturated rings. The van der Waals surface area contributed by atoms with Crippen molar-refractivity contribution >= 4 is 6.09 Å². The molecule has 1 aromatic rings. The predicted octanol–water partition coefficient (Wildman–Crippen LogP) is 2.78. The van der Waals surface area contributed by atoms with E-state index in [2.05, 4.69) is 4.98 Å². The van der Waals surface area contributed by atoms with E-state index in [1.807, 2.05) is 39.8 Å². The van der Waals surface area contributed by atoms with Gasteiger partial charge in [-0.1, -0.05) is 6.07 Å². The number of carbonyl (C=O) groups excluding carboxylic acids is 1. The van der Waals surface area contributed by atoms with Gasteiger partial charge in [-0.15, -0.1) is 0 Å². The molecule has 110 valence electrons. The standard InChI is InChI=1S/C15H22N2O3/c1-11-6-5-8-16-13(11)19-12-7-9-17(10-12)14(18)20-15(2,3)4/h5-6,8,12H,7,9-10H2,1-4H3/t12-/m0/s1. The first kappa shape index (κ1) is 14.6. The van der Waals surface area contributed by atoms with Gasteiger partial charge in [0, 0.05) is 24.7 Å². The number of carbonyl (C=O) groups is 1. The van der Waals surface area contributed by atoms with Crippen molar-refractivity contribution in [2.75, 3.05) is 13.1 Å². The normalized spacial score (nSPS) is 19.0. The maximum Gasteiger partial charge on any atom is 0.410 e. The van der Waals surface area contributed by atoms with Gasteiger partial charge in [-0.3, -0.25) is 0 Å². The number of amides is 1. The number of aryl methyl sites for hydroxylation is 1. The van der Waals surface area contributed by atoms with Crippen LogP contribution in [0.15, 0.2) is 18.3 Å². The molecule has 0 radical (unpaired) electrons. The van der Waals surface area contributed by atoms with Crippen molar-refractivity contribution in [2.24, 2.45) is 0 Å². The van der Waals surface area contributed by atoms with Crippen LogP contribution in [0.25, 0.3) is 0 Å². The molecule has 20 heavy (non-hydrogen) atoms. The maximum absolute atomic E-state index is 12.0. The molecule has 0 aliphatic carbocycles. The molecule has 5 nitrogen and oxygen atoms in total. The van der Waals surface area contributed by atoms with E-state index in [9.17, 15) is 4.79 Å². The first-order chi connectivity index (χ1) is 9.35. The summed E-state index contributed by atoms with van der Waals surface area (Å²) >= 11 is 0.